The summed E-state index contributed by atoms with van der Waals surface area (Å²) in [5.41, 5.74) is 5.58. The molecule has 0 aromatic heterocycles. The Morgan fingerprint density at radius 3 is 2.26 bits per heavy atom. The SMILES string of the molecule is Cc1cc(C(C)N2CCNCC2)c(N(C)C)cc1C. The standard InChI is InChI=1S/C16H27N3/c1-12-10-15(16(18(4)5)11-13(12)2)14(3)19-8-6-17-7-9-19/h10-11,14,17H,6-9H2,1-5H3. The molecule has 106 valence electrons. The van der Waals surface area contributed by atoms with E-state index >= 15 is 0 Å². The van der Waals surface area contributed by atoms with Gasteiger partial charge in [0.15, 0.2) is 0 Å². The van der Waals surface area contributed by atoms with E-state index < -0.39 is 0 Å². The molecule has 1 aromatic carbocycles. The normalized spacial score (nSPS) is 18.4. The van der Waals surface area contributed by atoms with Gasteiger partial charge in [-0.1, -0.05) is 6.07 Å². The maximum Gasteiger partial charge on any atom is 0.0412 e. The molecular formula is C16H27N3. The number of nitrogens with zero attached hydrogens (tertiary/aromatic N) is 2. The number of aryl methyl sites for hydroxylation is 2. The maximum atomic E-state index is 3.43. The van der Waals surface area contributed by atoms with Gasteiger partial charge in [0.1, 0.15) is 0 Å². The van der Waals surface area contributed by atoms with Gasteiger partial charge in [-0.25, -0.2) is 0 Å². The van der Waals surface area contributed by atoms with Gasteiger partial charge in [-0.3, -0.25) is 4.90 Å². The van der Waals surface area contributed by atoms with Crippen LogP contribution in [-0.4, -0.2) is 45.2 Å². The molecule has 1 unspecified atom stereocenters. The molecule has 1 aliphatic heterocycles. The summed E-state index contributed by atoms with van der Waals surface area (Å²) in [7, 11) is 4.27. The Kier molecular flexibility index (Phi) is 4.48. The Labute approximate surface area is 117 Å². The average molecular weight is 261 g/mol. The number of hydrogen-bond acceptors (Lipinski definition) is 3. The van der Waals surface area contributed by atoms with Gasteiger partial charge in [0.05, 0.1) is 0 Å². The minimum absolute atomic E-state index is 0.485. The van der Waals surface area contributed by atoms with Gasteiger partial charge >= 0.3 is 0 Å². The summed E-state index contributed by atoms with van der Waals surface area (Å²) in [5, 5.41) is 3.43. The van der Waals surface area contributed by atoms with E-state index in [9.17, 15) is 0 Å². The van der Waals surface area contributed by atoms with Crippen molar-refractivity contribution in [3.8, 4) is 0 Å². The third-order valence-electron chi connectivity index (χ3n) is 4.27. The van der Waals surface area contributed by atoms with Crippen LogP contribution in [0.15, 0.2) is 12.1 Å². The third-order valence-corrected chi connectivity index (χ3v) is 4.27. The molecule has 0 spiro atoms. The van der Waals surface area contributed by atoms with Crippen molar-refractivity contribution in [3.63, 3.8) is 0 Å². The van der Waals surface area contributed by atoms with Crippen molar-refractivity contribution < 1.29 is 0 Å². The molecule has 0 amide bonds. The molecule has 1 N–H and O–H groups in total. The number of piperazine rings is 1. The fraction of sp³-hybridized carbons (Fsp3) is 0.625. The van der Waals surface area contributed by atoms with E-state index in [1.807, 2.05) is 0 Å². The number of rotatable bonds is 3. The lowest BCUT2D eigenvalue weighted by atomic mass is 9.97. The zero-order valence-electron chi connectivity index (χ0n) is 13.0. The Bertz CT molecular complexity index is 434. The van der Waals surface area contributed by atoms with Crippen molar-refractivity contribution in [3.05, 3.63) is 28.8 Å². The molecule has 1 heterocycles. The van der Waals surface area contributed by atoms with E-state index in [4.69, 9.17) is 0 Å². The van der Waals surface area contributed by atoms with Crippen LogP contribution in [0.3, 0.4) is 0 Å². The lowest BCUT2D eigenvalue weighted by Crippen LogP contribution is -2.44. The largest absolute Gasteiger partial charge is 0.377 e. The quantitative estimate of drug-likeness (QED) is 0.901. The Morgan fingerprint density at radius 1 is 1.11 bits per heavy atom. The van der Waals surface area contributed by atoms with Crippen LogP contribution in [0.4, 0.5) is 5.69 Å². The van der Waals surface area contributed by atoms with Gasteiger partial charge in [0.2, 0.25) is 0 Å². The lowest BCUT2D eigenvalue weighted by molar-refractivity contribution is 0.186. The van der Waals surface area contributed by atoms with E-state index in [0.717, 1.165) is 26.2 Å². The monoisotopic (exact) mass is 261 g/mol. The molecule has 0 saturated carbocycles. The summed E-state index contributed by atoms with van der Waals surface area (Å²) < 4.78 is 0. The van der Waals surface area contributed by atoms with Gasteiger partial charge < -0.3 is 10.2 Å². The van der Waals surface area contributed by atoms with Gasteiger partial charge in [0, 0.05) is 52.0 Å². The fourth-order valence-corrected chi connectivity index (χ4v) is 2.81. The lowest BCUT2D eigenvalue weighted by Gasteiger charge is -2.35. The molecular weight excluding hydrogens is 234 g/mol. The van der Waals surface area contributed by atoms with Crippen LogP contribution in [0.5, 0.6) is 0 Å². The topological polar surface area (TPSA) is 18.5 Å². The van der Waals surface area contributed by atoms with Crippen LogP contribution >= 0.6 is 0 Å². The van der Waals surface area contributed by atoms with E-state index in [0.29, 0.717) is 6.04 Å². The molecule has 3 heteroatoms. The summed E-state index contributed by atoms with van der Waals surface area (Å²) in [6.07, 6.45) is 0. The highest BCUT2D eigenvalue weighted by Gasteiger charge is 2.21. The van der Waals surface area contributed by atoms with Gasteiger partial charge in [-0.2, -0.15) is 0 Å². The molecule has 0 aliphatic carbocycles. The first-order valence-corrected chi connectivity index (χ1v) is 7.24. The van der Waals surface area contributed by atoms with Crippen LogP contribution in [0, 0.1) is 13.8 Å². The van der Waals surface area contributed by atoms with Gasteiger partial charge in [-0.15, -0.1) is 0 Å². The number of hydrogen-bond donors (Lipinski definition) is 1. The third kappa shape index (κ3) is 3.10. The predicted octanol–water partition coefficient (Wildman–Crippen LogP) is 2.34. The summed E-state index contributed by atoms with van der Waals surface area (Å²) in [5.74, 6) is 0. The molecule has 1 aliphatic rings. The van der Waals surface area contributed by atoms with Gasteiger partial charge in [-0.05, 0) is 43.5 Å². The molecule has 2 rings (SSSR count). The van der Waals surface area contributed by atoms with Crippen LogP contribution in [-0.2, 0) is 0 Å². The highest BCUT2D eigenvalue weighted by Crippen LogP contribution is 2.31. The summed E-state index contributed by atoms with van der Waals surface area (Å²) in [4.78, 5) is 4.81. The smallest absolute Gasteiger partial charge is 0.0412 e. The van der Waals surface area contributed by atoms with E-state index in [2.05, 4.69) is 62.1 Å². The first-order chi connectivity index (χ1) is 9.00. The molecule has 1 atom stereocenters. The van der Waals surface area contributed by atoms with Crippen molar-refractivity contribution in [1.29, 1.82) is 0 Å². The summed E-state index contributed by atoms with van der Waals surface area (Å²) in [6.45, 7) is 11.2. The number of benzene rings is 1. The first kappa shape index (κ1) is 14.4. The Balaban J connectivity index is 2.33. The second kappa shape index (κ2) is 5.93. The van der Waals surface area contributed by atoms with Crippen molar-refractivity contribution in [2.75, 3.05) is 45.2 Å². The van der Waals surface area contributed by atoms with Crippen LogP contribution in [0.2, 0.25) is 0 Å². The molecule has 19 heavy (non-hydrogen) atoms. The van der Waals surface area contributed by atoms with Crippen molar-refractivity contribution in [2.24, 2.45) is 0 Å². The Hall–Kier alpha value is -1.06. The number of anilines is 1. The van der Waals surface area contributed by atoms with Crippen molar-refractivity contribution >= 4 is 5.69 Å². The summed E-state index contributed by atoms with van der Waals surface area (Å²) >= 11 is 0. The summed E-state index contributed by atoms with van der Waals surface area (Å²) in [6, 6.07) is 5.18. The average Bonchev–Trinajstić information content (AvgIpc) is 2.41. The van der Waals surface area contributed by atoms with Crippen LogP contribution in [0.1, 0.15) is 29.7 Å². The second-order valence-corrected chi connectivity index (χ2v) is 5.85. The fourth-order valence-electron chi connectivity index (χ4n) is 2.81. The highest BCUT2D eigenvalue weighted by atomic mass is 15.2. The van der Waals surface area contributed by atoms with Crippen molar-refractivity contribution in [1.82, 2.24) is 10.2 Å². The zero-order valence-corrected chi connectivity index (χ0v) is 13.0. The van der Waals surface area contributed by atoms with Crippen molar-refractivity contribution in [2.45, 2.75) is 26.8 Å². The van der Waals surface area contributed by atoms with E-state index in [1.54, 1.807) is 0 Å². The Morgan fingerprint density at radius 2 is 1.68 bits per heavy atom. The second-order valence-electron chi connectivity index (χ2n) is 5.85. The molecule has 1 saturated heterocycles. The maximum absolute atomic E-state index is 3.43. The molecule has 0 bridgehead atoms. The molecule has 3 nitrogen and oxygen atoms in total. The molecule has 1 aromatic rings. The zero-order chi connectivity index (χ0) is 14.0. The minimum atomic E-state index is 0.485. The van der Waals surface area contributed by atoms with E-state index in [-0.39, 0.29) is 0 Å². The molecule has 0 radical (unpaired) electrons. The first-order valence-electron chi connectivity index (χ1n) is 7.24. The number of nitrogens with one attached hydrogen (secondary N) is 1. The van der Waals surface area contributed by atoms with Crippen LogP contribution < -0.4 is 10.2 Å². The van der Waals surface area contributed by atoms with E-state index in [1.165, 1.54) is 22.4 Å². The minimum Gasteiger partial charge on any atom is -0.377 e. The predicted molar refractivity (Wildman–Crippen MR) is 83.1 cm³/mol. The van der Waals surface area contributed by atoms with Gasteiger partial charge in [0.25, 0.3) is 0 Å². The molecule has 1 fully saturated rings. The highest BCUT2D eigenvalue weighted by molar-refractivity contribution is 5.57. The van der Waals surface area contributed by atoms with Crippen LogP contribution in [0.25, 0.3) is 0 Å².